The van der Waals surface area contributed by atoms with Crippen molar-refractivity contribution in [1.29, 1.82) is 0 Å². The Morgan fingerprint density at radius 1 is 0.762 bits per heavy atom. The van der Waals surface area contributed by atoms with Gasteiger partial charge >= 0.3 is 0 Å². The van der Waals surface area contributed by atoms with E-state index in [0.717, 1.165) is 33.0 Å². The fraction of sp³-hybridized carbons (Fsp3) is 0.222. The van der Waals surface area contributed by atoms with Gasteiger partial charge in [-0.1, -0.05) is 24.3 Å². The summed E-state index contributed by atoms with van der Waals surface area (Å²) in [5, 5.41) is 13.7. The fourth-order valence-corrected chi connectivity index (χ4v) is 2.69. The molecule has 0 bridgehead atoms. The summed E-state index contributed by atoms with van der Waals surface area (Å²) in [7, 11) is 0. The van der Waals surface area contributed by atoms with Crippen LogP contribution in [0.4, 0.5) is 0 Å². The van der Waals surface area contributed by atoms with Crippen molar-refractivity contribution in [3.05, 3.63) is 42.5 Å². The summed E-state index contributed by atoms with van der Waals surface area (Å²) in [4.78, 5) is 0. The van der Waals surface area contributed by atoms with Gasteiger partial charge in [0.05, 0.1) is 13.2 Å². The van der Waals surface area contributed by atoms with Gasteiger partial charge in [0.1, 0.15) is 17.2 Å². The Bertz CT molecular complexity index is 793. The normalized spacial score (nSPS) is 11.0. The number of rotatable bonds is 4. The maximum absolute atomic E-state index is 9.82. The summed E-state index contributed by atoms with van der Waals surface area (Å²) in [6.45, 7) is 5.09. The van der Waals surface area contributed by atoms with Gasteiger partial charge in [-0.3, -0.25) is 0 Å². The summed E-state index contributed by atoms with van der Waals surface area (Å²) in [5.41, 5.74) is 0. The predicted molar refractivity (Wildman–Crippen MR) is 85.5 cm³/mol. The molecule has 21 heavy (non-hydrogen) atoms. The van der Waals surface area contributed by atoms with Gasteiger partial charge in [0.2, 0.25) is 0 Å². The Labute approximate surface area is 123 Å². The molecule has 3 nitrogen and oxygen atoms in total. The van der Waals surface area contributed by atoms with Gasteiger partial charge in [0.25, 0.3) is 0 Å². The minimum absolute atomic E-state index is 0.223. The number of hydrogen-bond donors (Lipinski definition) is 1. The minimum Gasteiger partial charge on any atom is -0.508 e. The first-order valence-corrected chi connectivity index (χ1v) is 7.19. The largest absolute Gasteiger partial charge is 0.508 e. The zero-order valence-corrected chi connectivity index (χ0v) is 12.2. The average molecular weight is 282 g/mol. The van der Waals surface area contributed by atoms with E-state index >= 15 is 0 Å². The van der Waals surface area contributed by atoms with Crippen molar-refractivity contribution >= 4 is 21.5 Å². The van der Waals surface area contributed by atoms with E-state index in [-0.39, 0.29) is 5.75 Å². The first-order valence-electron chi connectivity index (χ1n) is 7.19. The van der Waals surface area contributed by atoms with Gasteiger partial charge in [-0.15, -0.1) is 0 Å². The molecule has 0 saturated heterocycles. The van der Waals surface area contributed by atoms with Crippen LogP contribution in [0.25, 0.3) is 21.5 Å². The lowest BCUT2D eigenvalue weighted by Gasteiger charge is -2.16. The van der Waals surface area contributed by atoms with E-state index < -0.39 is 0 Å². The van der Waals surface area contributed by atoms with Crippen molar-refractivity contribution in [2.45, 2.75) is 13.8 Å². The molecule has 0 unspecified atom stereocenters. The number of phenols is 1. The molecule has 0 amide bonds. The quantitative estimate of drug-likeness (QED) is 0.716. The van der Waals surface area contributed by atoms with E-state index in [2.05, 4.69) is 0 Å². The van der Waals surface area contributed by atoms with Gasteiger partial charge in [-0.05, 0) is 32.0 Å². The predicted octanol–water partition coefficient (Wildman–Crippen LogP) is 4.50. The highest BCUT2D eigenvalue weighted by atomic mass is 16.5. The lowest BCUT2D eigenvalue weighted by Crippen LogP contribution is -1.98. The zero-order valence-electron chi connectivity index (χ0n) is 12.2. The van der Waals surface area contributed by atoms with E-state index in [1.165, 1.54) is 0 Å². The van der Waals surface area contributed by atoms with Crippen LogP contribution in [0, 0.1) is 0 Å². The number of ether oxygens (including phenoxy) is 2. The summed E-state index contributed by atoms with van der Waals surface area (Å²) < 4.78 is 11.7. The molecule has 1 N–H and O–H groups in total. The van der Waals surface area contributed by atoms with Crippen LogP contribution in [0.2, 0.25) is 0 Å². The lowest BCUT2D eigenvalue weighted by atomic mass is 10.0. The van der Waals surface area contributed by atoms with Crippen LogP contribution in [-0.2, 0) is 0 Å². The summed E-state index contributed by atoms with van der Waals surface area (Å²) in [6, 6.07) is 13.3. The molecule has 0 aliphatic carbocycles. The molecule has 0 fully saturated rings. The minimum atomic E-state index is 0.223. The van der Waals surface area contributed by atoms with Crippen LogP contribution >= 0.6 is 0 Å². The van der Waals surface area contributed by atoms with E-state index in [9.17, 15) is 5.11 Å². The Morgan fingerprint density at radius 3 is 1.86 bits per heavy atom. The van der Waals surface area contributed by atoms with Gasteiger partial charge in [-0.25, -0.2) is 0 Å². The smallest absolute Gasteiger partial charge is 0.135 e. The topological polar surface area (TPSA) is 38.7 Å². The van der Waals surface area contributed by atoms with E-state index in [1.54, 1.807) is 12.1 Å². The van der Waals surface area contributed by atoms with Crippen molar-refractivity contribution < 1.29 is 14.6 Å². The maximum Gasteiger partial charge on any atom is 0.135 e. The molecule has 108 valence electrons. The Balaban J connectivity index is 2.49. The first-order chi connectivity index (χ1) is 10.3. The number of aromatic hydroxyl groups is 1. The summed E-state index contributed by atoms with van der Waals surface area (Å²) in [6.07, 6.45) is 0. The molecule has 3 aromatic carbocycles. The third kappa shape index (κ3) is 2.25. The van der Waals surface area contributed by atoms with E-state index in [4.69, 9.17) is 9.47 Å². The van der Waals surface area contributed by atoms with Gasteiger partial charge < -0.3 is 14.6 Å². The number of benzene rings is 3. The van der Waals surface area contributed by atoms with E-state index in [0.29, 0.717) is 13.2 Å². The molecule has 0 heterocycles. The van der Waals surface area contributed by atoms with Crippen LogP contribution in [-0.4, -0.2) is 18.3 Å². The molecule has 3 heteroatoms. The second-order valence-corrected chi connectivity index (χ2v) is 4.80. The summed E-state index contributed by atoms with van der Waals surface area (Å²) >= 11 is 0. The van der Waals surface area contributed by atoms with Crippen LogP contribution in [0.15, 0.2) is 42.5 Å². The molecule has 3 rings (SSSR count). The molecular formula is C18H18O3. The zero-order chi connectivity index (χ0) is 14.8. The van der Waals surface area contributed by atoms with Crippen LogP contribution in [0.1, 0.15) is 13.8 Å². The van der Waals surface area contributed by atoms with Crippen molar-refractivity contribution in [2.75, 3.05) is 13.2 Å². The third-order valence-electron chi connectivity index (χ3n) is 3.49. The maximum atomic E-state index is 9.82. The highest BCUT2D eigenvalue weighted by molar-refractivity contribution is 6.11. The molecular weight excluding hydrogens is 264 g/mol. The second-order valence-electron chi connectivity index (χ2n) is 4.80. The van der Waals surface area contributed by atoms with Crippen LogP contribution in [0.5, 0.6) is 17.2 Å². The van der Waals surface area contributed by atoms with Crippen LogP contribution < -0.4 is 9.47 Å². The monoisotopic (exact) mass is 282 g/mol. The highest BCUT2D eigenvalue weighted by Crippen LogP contribution is 2.43. The van der Waals surface area contributed by atoms with Crippen molar-refractivity contribution in [1.82, 2.24) is 0 Å². The Morgan fingerprint density at radius 2 is 1.29 bits per heavy atom. The molecule has 0 aliphatic rings. The fourth-order valence-electron chi connectivity index (χ4n) is 2.69. The highest BCUT2D eigenvalue weighted by Gasteiger charge is 2.15. The number of hydrogen-bond acceptors (Lipinski definition) is 3. The third-order valence-corrected chi connectivity index (χ3v) is 3.49. The Kier molecular flexibility index (Phi) is 3.57. The van der Waals surface area contributed by atoms with Crippen molar-refractivity contribution in [3.63, 3.8) is 0 Å². The first kappa shape index (κ1) is 13.6. The molecule has 0 saturated carbocycles. The molecule has 0 spiro atoms. The molecule has 0 aliphatic heterocycles. The van der Waals surface area contributed by atoms with Gasteiger partial charge in [0.15, 0.2) is 0 Å². The SMILES string of the molecule is CCOc1c2ccccc2c(OCC)c2cc(O)ccc12. The average Bonchev–Trinajstić information content (AvgIpc) is 2.50. The molecule has 0 atom stereocenters. The van der Waals surface area contributed by atoms with Crippen LogP contribution in [0.3, 0.4) is 0 Å². The molecule has 0 aromatic heterocycles. The lowest BCUT2D eigenvalue weighted by molar-refractivity contribution is 0.342. The molecule has 3 aromatic rings. The number of phenolic OH excluding ortho intramolecular Hbond substituents is 1. The van der Waals surface area contributed by atoms with Crippen molar-refractivity contribution in [3.8, 4) is 17.2 Å². The van der Waals surface area contributed by atoms with Crippen molar-refractivity contribution in [2.24, 2.45) is 0 Å². The number of fused-ring (bicyclic) bond motifs is 2. The standard InChI is InChI=1S/C18H18O3/c1-3-20-17-13-7-5-6-8-14(13)18(21-4-2)16-11-12(19)9-10-15(16)17/h5-11,19H,3-4H2,1-2H3. The summed E-state index contributed by atoms with van der Waals surface area (Å²) in [5.74, 6) is 1.86. The van der Waals surface area contributed by atoms with Gasteiger partial charge in [0, 0.05) is 21.5 Å². The van der Waals surface area contributed by atoms with Gasteiger partial charge in [-0.2, -0.15) is 0 Å². The molecule has 0 radical (unpaired) electrons. The second kappa shape index (κ2) is 5.52. The van der Waals surface area contributed by atoms with E-state index in [1.807, 2.05) is 44.2 Å². The Hall–Kier alpha value is -2.42.